The number of aliphatic hydroxyl groups excluding tert-OH is 4. The Morgan fingerprint density at radius 3 is 1.22 bits per heavy atom. The normalized spacial score (nSPS) is 22.4. The number of hydrogen-bond donors (Lipinski definition) is 18. The molecule has 0 bridgehead atoms. The number of nitrogen functional groups attached to an aromatic ring is 2. The zero-order valence-corrected chi connectivity index (χ0v) is 63.5. The lowest BCUT2D eigenvalue weighted by molar-refractivity contribution is -0.137. The minimum absolute atomic E-state index is 0.0300. The van der Waals surface area contributed by atoms with Gasteiger partial charge < -0.3 is 102 Å². The number of aliphatic hydroxyl groups is 4. The number of hydrogen-bond acceptors (Lipinski definition) is 36. The zero-order chi connectivity index (χ0) is 79.6. The molecule has 0 aliphatic carbocycles. The number of amides is 4. The standard InChI is InChI=1S/2C25H40N7O17P3S/c2*1-4-5-16(34)53-9-8-27-15(33)6-7-28-23(37)20(36)25(2,3)11-46-52(43,44)49-51(41,42)45-10-14-19(48-50(38,39)40)18(35)24(47-14)32-13-31-17-21(26)29-12-30-22(17)32/h2*4-5,12-14,18-20,24,35-36H,6-11H2,1-3H3,(H,27,33)(H,28,37)(H,41,42)(H,43,44)(H2,26,29,30)(H2,38,39,40)/b5-4+;/t2*14-,18-,19-,20+,24-/m11/s1. The van der Waals surface area contributed by atoms with Gasteiger partial charge in [-0.1, -0.05) is 63.4 Å². The molecule has 6 rings (SSSR count). The SMILES string of the molecule is C/C=C/C(=O)SCCNC(=O)CCNC(=O)[C@H](O)C(C)(C)COP(=O)(O)OP(=O)(O)OC[C@H]1O[C@@H](n2cnc3c(N)ncnc32)[C@H](O)[C@@H]1OP(=O)(O)O.CC=CC(=O)SCCNC(=O)CCNC(=O)[C@H](O)C(C)(C)COP(=O)(O)OP(=O)(O)OC[C@H]1O[C@@H](n2cnc3c(N)ncnc32)[C@H](O)[C@@H]1OP(=O)(O)O. The lowest BCUT2D eigenvalue weighted by Crippen LogP contribution is -2.46. The highest BCUT2D eigenvalue weighted by atomic mass is 32.2. The Hall–Kier alpha value is -5.40. The third-order valence-corrected chi connectivity index (χ3v) is 22.0. The van der Waals surface area contributed by atoms with E-state index in [2.05, 4.69) is 68.8 Å². The summed E-state index contributed by atoms with van der Waals surface area (Å²) in [5, 5.41) is 52.1. The molecule has 14 atom stereocenters. The van der Waals surface area contributed by atoms with Gasteiger partial charge in [0, 0.05) is 61.4 Å². The van der Waals surface area contributed by atoms with E-state index in [9.17, 15) is 116 Å². The number of nitrogens with zero attached hydrogens (tertiary/aromatic N) is 8. The molecule has 56 heteroatoms. The average molecular weight is 1670 g/mol. The Bertz CT molecular complexity index is 3840. The number of rotatable bonds is 40. The van der Waals surface area contributed by atoms with Gasteiger partial charge in [-0.3, -0.25) is 65.0 Å². The van der Waals surface area contributed by atoms with E-state index in [0.29, 0.717) is 11.5 Å². The summed E-state index contributed by atoms with van der Waals surface area (Å²) >= 11 is 2.02. The van der Waals surface area contributed by atoms with Gasteiger partial charge in [-0.25, -0.2) is 57.3 Å². The van der Waals surface area contributed by atoms with Gasteiger partial charge in [-0.2, -0.15) is 8.62 Å². The number of nitrogens with one attached hydrogen (secondary N) is 4. The van der Waals surface area contributed by atoms with Crippen LogP contribution in [0.25, 0.3) is 22.3 Å². The number of thioether (sulfide) groups is 2. The topological polar surface area (TPSA) is 727 Å². The first-order valence-corrected chi connectivity index (χ1v) is 41.5. The summed E-state index contributed by atoms with van der Waals surface area (Å²) in [5.41, 5.74) is 8.51. The first-order chi connectivity index (χ1) is 49.1. The molecule has 0 radical (unpaired) electrons. The van der Waals surface area contributed by atoms with Crippen molar-refractivity contribution in [3.8, 4) is 0 Å². The maximum absolute atomic E-state index is 12.6. The lowest BCUT2D eigenvalue weighted by Gasteiger charge is -2.30. The van der Waals surface area contributed by atoms with Crippen LogP contribution in [0, 0.1) is 10.8 Å². The molecule has 2 aliphatic rings. The fourth-order valence-electron chi connectivity index (χ4n) is 8.93. The van der Waals surface area contributed by atoms with Crippen LogP contribution in [0.1, 0.15) is 66.8 Å². The molecule has 0 aromatic carbocycles. The first kappa shape index (κ1) is 91.2. The molecule has 0 saturated carbocycles. The van der Waals surface area contributed by atoms with E-state index in [1.54, 1.807) is 26.0 Å². The van der Waals surface area contributed by atoms with Crippen molar-refractivity contribution in [2.75, 3.05) is 75.6 Å². The summed E-state index contributed by atoms with van der Waals surface area (Å²) in [6.45, 7) is 4.34. The number of phosphoric ester groups is 6. The molecule has 2 aliphatic heterocycles. The predicted octanol–water partition coefficient (Wildman–Crippen LogP) is -1.52. The number of anilines is 2. The van der Waals surface area contributed by atoms with Crippen LogP contribution in [-0.2, 0) is 101 Å². The lowest BCUT2D eigenvalue weighted by atomic mass is 9.87. The molecule has 2 saturated heterocycles. The summed E-state index contributed by atoms with van der Waals surface area (Å²) < 4.78 is 124. The third kappa shape index (κ3) is 28.8. The highest BCUT2D eigenvalue weighted by Crippen LogP contribution is 2.63. The second kappa shape index (κ2) is 39.5. The fourth-order valence-corrected chi connectivity index (χ4v) is 15.9. The number of phosphoric acid groups is 6. The Kier molecular flexibility index (Phi) is 34.0. The van der Waals surface area contributed by atoms with Gasteiger partial charge in [-0.05, 0) is 26.0 Å². The highest BCUT2D eigenvalue weighted by molar-refractivity contribution is 8.14. The van der Waals surface area contributed by atoms with Crippen molar-refractivity contribution in [2.45, 2.75) is 116 Å². The number of carbonyl (C=O) groups is 6. The van der Waals surface area contributed by atoms with E-state index in [4.69, 9.17) is 39.0 Å². The molecule has 48 nitrogen and oxygen atoms in total. The Morgan fingerprint density at radius 1 is 0.547 bits per heavy atom. The first-order valence-electron chi connectivity index (χ1n) is 30.5. The van der Waals surface area contributed by atoms with E-state index in [1.807, 2.05) is 0 Å². The van der Waals surface area contributed by atoms with Gasteiger partial charge in [0.05, 0.1) is 39.1 Å². The largest absolute Gasteiger partial charge is 0.481 e. The molecule has 596 valence electrons. The molecule has 0 spiro atoms. The molecule has 106 heavy (non-hydrogen) atoms. The molecule has 4 aromatic rings. The smallest absolute Gasteiger partial charge is 0.386 e. The molecular weight excluding hydrogens is 1590 g/mol. The van der Waals surface area contributed by atoms with Crippen molar-refractivity contribution in [3.05, 3.63) is 49.6 Å². The van der Waals surface area contributed by atoms with Gasteiger partial charge in [0.1, 0.15) is 72.5 Å². The second-order valence-corrected chi connectivity index (χ2v) is 34.1. The van der Waals surface area contributed by atoms with Crippen LogP contribution >= 0.6 is 70.5 Å². The number of carbonyl (C=O) groups excluding carboxylic acids is 6. The molecule has 4 aromatic heterocycles. The minimum atomic E-state index is -5.56. The molecule has 4 unspecified atom stereocenters. The number of nitrogens with two attached hydrogens (primary N) is 2. The summed E-state index contributed by atoms with van der Waals surface area (Å²) in [4.78, 5) is 173. The van der Waals surface area contributed by atoms with Gasteiger partial charge in [0.2, 0.25) is 33.9 Å². The van der Waals surface area contributed by atoms with Crippen molar-refractivity contribution in [2.24, 2.45) is 10.8 Å². The summed E-state index contributed by atoms with van der Waals surface area (Å²) in [6.07, 6.45) is -7.88. The number of allylic oxidation sites excluding steroid dienone is 2. The van der Waals surface area contributed by atoms with Gasteiger partial charge >= 0.3 is 46.9 Å². The van der Waals surface area contributed by atoms with Gasteiger partial charge in [0.15, 0.2) is 35.4 Å². The number of imidazole rings is 2. The van der Waals surface area contributed by atoms with Crippen LogP contribution < -0.4 is 32.7 Å². The van der Waals surface area contributed by atoms with Crippen molar-refractivity contribution in [3.63, 3.8) is 0 Å². The van der Waals surface area contributed by atoms with Crippen LogP contribution in [-0.4, -0.2) is 245 Å². The van der Waals surface area contributed by atoms with E-state index in [0.717, 1.165) is 58.0 Å². The van der Waals surface area contributed by atoms with E-state index >= 15 is 0 Å². The van der Waals surface area contributed by atoms with E-state index in [1.165, 1.54) is 39.8 Å². The maximum Gasteiger partial charge on any atom is 0.481 e. The van der Waals surface area contributed by atoms with Crippen LogP contribution in [0.5, 0.6) is 0 Å². The molecule has 20 N–H and O–H groups in total. The highest BCUT2D eigenvalue weighted by Gasteiger charge is 2.53. The monoisotopic (exact) mass is 1670 g/mol. The van der Waals surface area contributed by atoms with Crippen LogP contribution in [0.15, 0.2) is 49.6 Å². The van der Waals surface area contributed by atoms with Crippen LogP contribution in [0.2, 0.25) is 0 Å². The van der Waals surface area contributed by atoms with Crippen molar-refractivity contribution < 1.29 is 161 Å². The Morgan fingerprint density at radius 2 is 0.887 bits per heavy atom. The second-order valence-electron chi connectivity index (χ2n) is 23.5. The van der Waals surface area contributed by atoms with Crippen molar-refractivity contribution in [1.29, 1.82) is 0 Å². The molecule has 6 heterocycles. The summed E-state index contributed by atoms with van der Waals surface area (Å²) in [6, 6.07) is 0. The number of aromatic nitrogens is 8. The fraction of sp³-hybridized carbons (Fsp3) is 0.600. The minimum Gasteiger partial charge on any atom is -0.386 e. The summed E-state index contributed by atoms with van der Waals surface area (Å²) in [5.74, 6) is -2.27. The van der Waals surface area contributed by atoms with Gasteiger partial charge in [-0.15, -0.1) is 0 Å². The maximum atomic E-state index is 12.6. The molecule has 2 fully saturated rings. The molecular formula is C50H80N14O34P6S2. The Balaban J connectivity index is 0.000000381. The zero-order valence-electron chi connectivity index (χ0n) is 56.5. The number of fused-ring (bicyclic) bond motifs is 2. The van der Waals surface area contributed by atoms with Crippen molar-refractivity contribution in [1.82, 2.24) is 60.3 Å². The Labute approximate surface area is 608 Å². The average Bonchev–Trinajstić information content (AvgIpc) is 1.62. The van der Waals surface area contributed by atoms with Crippen LogP contribution in [0.3, 0.4) is 0 Å². The molecule has 4 amide bonds. The summed E-state index contributed by atoms with van der Waals surface area (Å²) in [7, 11) is -32.7. The van der Waals surface area contributed by atoms with Gasteiger partial charge in [0.25, 0.3) is 0 Å². The van der Waals surface area contributed by atoms with E-state index < -0.39 is 169 Å². The van der Waals surface area contributed by atoms with Crippen molar-refractivity contribution >= 4 is 138 Å². The third-order valence-electron chi connectivity index (χ3n) is 14.1. The number of ether oxygens (including phenoxy) is 2. The predicted molar refractivity (Wildman–Crippen MR) is 364 cm³/mol. The van der Waals surface area contributed by atoms with Crippen LogP contribution in [0.4, 0.5) is 11.6 Å². The van der Waals surface area contributed by atoms with E-state index in [-0.39, 0.29) is 83.2 Å². The quantitative estimate of drug-likeness (QED) is 0.0137.